The van der Waals surface area contributed by atoms with Gasteiger partial charge in [-0.25, -0.2) is 5.84 Å². The summed E-state index contributed by atoms with van der Waals surface area (Å²) in [5.74, 6) is 6.41. The van der Waals surface area contributed by atoms with Crippen molar-refractivity contribution in [2.45, 2.75) is 26.2 Å². The zero-order valence-corrected chi connectivity index (χ0v) is 12.7. The van der Waals surface area contributed by atoms with Gasteiger partial charge in [-0.3, -0.25) is 5.32 Å². The third-order valence-corrected chi connectivity index (χ3v) is 3.05. The lowest BCUT2D eigenvalue weighted by molar-refractivity contribution is 0.0282. The molecule has 7 heteroatoms. The second kappa shape index (κ2) is 7.69. The third kappa shape index (κ3) is 4.14. The van der Waals surface area contributed by atoms with Crippen LogP contribution in [0.2, 0.25) is 0 Å². The number of aliphatic hydroxyl groups excluding tert-OH is 1. The van der Waals surface area contributed by atoms with E-state index >= 15 is 0 Å². The van der Waals surface area contributed by atoms with Gasteiger partial charge in [0.2, 0.25) is 0 Å². The molecule has 0 aliphatic heterocycles. The van der Waals surface area contributed by atoms with Crippen LogP contribution in [0.5, 0.6) is 5.75 Å². The molecule has 0 aliphatic rings. The second-order valence-electron chi connectivity index (χ2n) is 4.81. The highest BCUT2D eigenvalue weighted by molar-refractivity contribution is 5.61. The Kier molecular flexibility index (Phi) is 5.65. The van der Waals surface area contributed by atoms with Crippen molar-refractivity contribution >= 4 is 5.82 Å². The molecule has 0 bridgehead atoms. The maximum absolute atomic E-state index is 9.72. The minimum Gasteiger partial charge on any atom is -0.473 e. The Morgan fingerprint density at radius 1 is 1.27 bits per heavy atom. The highest BCUT2D eigenvalue weighted by Crippen LogP contribution is 2.23. The molecule has 1 heterocycles. The summed E-state index contributed by atoms with van der Waals surface area (Å²) < 4.78 is 5.78. The molecule has 0 radical (unpaired) electrons. The predicted molar refractivity (Wildman–Crippen MR) is 85.1 cm³/mol. The van der Waals surface area contributed by atoms with E-state index in [1.807, 2.05) is 37.3 Å². The van der Waals surface area contributed by atoms with Gasteiger partial charge in [0.15, 0.2) is 12.0 Å². The molecule has 0 amide bonds. The van der Waals surface area contributed by atoms with E-state index in [0.717, 1.165) is 5.56 Å². The number of anilines is 1. The van der Waals surface area contributed by atoms with Gasteiger partial charge < -0.3 is 15.3 Å². The number of rotatable bonds is 7. The van der Waals surface area contributed by atoms with Gasteiger partial charge in [0.05, 0.1) is 5.69 Å². The lowest BCUT2D eigenvalue weighted by atomic mass is 10.1. The Hall–Kier alpha value is -2.22. The van der Waals surface area contributed by atoms with Crippen molar-refractivity contribution in [1.29, 1.82) is 0 Å². The molecule has 0 fully saturated rings. The monoisotopic (exact) mass is 303 g/mol. The Labute approximate surface area is 129 Å². The van der Waals surface area contributed by atoms with E-state index in [0.29, 0.717) is 23.8 Å². The fourth-order valence-electron chi connectivity index (χ4n) is 1.95. The first kappa shape index (κ1) is 16.2. The quantitative estimate of drug-likeness (QED) is 0.345. The van der Waals surface area contributed by atoms with Gasteiger partial charge in [-0.2, -0.15) is 0 Å². The molecule has 0 saturated carbocycles. The molecule has 1 aromatic heterocycles. The first-order valence-electron chi connectivity index (χ1n) is 7.13. The van der Waals surface area contributed by atoms with Crippen LogP contribution in [0.1, 0.15) is 13.8 Å². The topological polar surface area (TPSA) is 105 Å². The number of nitrogens with zero attached hydrogens (tertiary/aromatic N) is 2. The largest absolute Gasteiger partial charge is 0.473 e. The van der Waals surface area contributed by atoms with E-state index in [9.17, 15) is 5.11 Å². The van der Waals surface area contributed by atoms with E-state index in [2.05, 4.69) is 20.9 Å². The molecule has 2 atom stereocenters. The van der Waals surface area contributed by atoms with Crippen LogP contribution < -0.4 is 21.3 Å². The molecule has 118 valence electrons. The molecule has 5 N–H and O–H groups in total. The number of ether oxygens (including phenoxy) is 1. The number of aromatic nitrogens is 2. The van der Waals surface area contributed by atoms with Crippen molar-refractivity contribution in [3.05, 3.63) is 36.4 Å². The van der Waals surface area contributed by atoms with Crippen molar-refractivity contribution in [2.24, 2.45) is 5.84 Å². The summed E-state index contributed by atoms with van der Waals surface area (Å²) in [6.45, 7) is 4.34. The van der Waals surface area contributed by atoms with Crippen LogP contribution in [-0.4, -0.2) is 34.2 Å². The van der Waals surface area contributed by atoms with Crippen molar-refractivity contribution in [1.82, 2.24) is 15.5 Å². The molecule has 22 heavy (non-hydrogen) atoms. The standard InChI is InChI=1S/C15H21N5O2/c1-3-17-15(10(2)21)22-12-6-4-5-11(9-12)13-7-8-14(18-16)20-19-13/h4-10,15,17,21H,3,16H2,1-2H3,(H,18,20). The number of hydrogen-bond acceptors (Lipinski definition) is 7. The van der Waals surface area contributed by atoms with E-state index < -0.39 is 12.3 Å². The van der Waals surface area contributed by atoms with E-state index in [1.165, 1.54) is 0 Å². The van der Waals surface area contributed by atoms with E-state index in [-0.39, 0.29) is 0 Å². The molecular weight excluding hydrogens is 282 g/mol. The van der Waals surface area contributed by atoms with Crippen LogP contribution in [0, 0.1) is 0 Å². The SMILES string of the molecule is CCNC(Oc1cccc(-c2ccc(NN)nn2)c1)C(C)O. The van der Waals surface area contributed by atoms with Gasteiger partial charge in [0.1, 0.15) is 11.9 Å². The summed E-state index contributed by atoms with van der Waals surface area (Å²) in [6.07, 6.45) is -1.09. The molecule has 1 aromatic carbocycles. The molecule has 0 aliphatic carbocycles. The van der Waals surface area contributed by atoms with Crippen LogP contribution in [0.15, 0.2) is 36.4 Å². The normalized spacial score (nSPS) is 13.5. The molecule has 2 aromatic rings. The number of hydrazine groups is 1. The zero-order chi connectivity index (χ0) is 15.9. The number of aliphatic hydroxyl groups is 1. The summed E-state index contributed by atoms with van der Waals surface area (Å²) in [4.78, 5) is 0. The maximum Gasteiger partial charge on any atom is 0.175 e. The van der Waals surface area contributed by atoms with Crippen LogP contribution in [0.25, 0.3) is 11.3 Å². The number of nitrogens with one attached hydrogen (secondary N) is 2. The number of hydrogen-bond donors (Lipinski definition) is 4. The average molecular weight is 303 g/mol. The minimum atomic E-state index is -0.627. The Morgan fingerprint density at radius 3 is 2.68 bits per heavy atom. The number of likely N-dealkylation sites (N-methyl/N-ethyl adjacent to an activating group) is 1. The lowest BCUT2D eigenvalue weighted by Gasteiger charge is -2.22. The Bertz CT molecular complexity index is 589. The van der Waals surface area contributed by atoms with Crippen molar-refractivity contribution in [3.8, 4) is 17.0 Å². The fourth-order valence-corrected chi connectivity index (χ4v) is 1.95. The molecule has 7 nitrogen and oxygen atoms in total. The molecule has 0 spiro atoms. The fraction of sp³-hybridized carbons (Fsp3) is 0.333. The smallest absolute Gasteiger partial charge is 0.175 e. The lowest BCUT2D eigenvalue weighted by Crippen LogP contribution is -2.42. The second-order valence-corrected chi connectivity index (χ2v) is 4.81. The summed E-state index contributed by atoms with van der Waals surface area (Å²) in [5.41, 5.74) is 4.01. The number of nitrogen functional groups attached to an aromatic ring is 1. The van der Waals surface area contributed by atoms with Gasteiger partial charge in [0.25, 0.3) is 0 Å². The summed E-state index contributed by atoms with van der Waals surface area (Å²) in [5, 5.41) is 20.8. The van der Waals surface area contributed by atoms with Crippen LogP contribution >= 0.6 is 0 Å². The Morgan fingerprint density at radius 2 is 2.09 bits per heavy atom. The average Bonchev–Trinajstić information content (AvgIpc) is 2.55. The van der Waals surface area contributed by atoms with E-state index in [4.69, 9.17) is 10.6 Å². The highest BCUT2D eigenvalue weighted by atomic mass is 16.5. The Balaban J connectivity index is 2.18. The van der Waals surface area contributed by atoms with Crippen LogP contribution in [0.4, 0.5) is 5.82 Å². The number of benzene rings is 1. The predicted octanol–water partition coefficient (Wildman–Crippen LogP) is 1.12. The molecule has 2 unspecified atom stereocenters. The van der Waals surface area contributed by atoms with Gasteiger partial charge in [0, 0.05) is 5.56 Å². The number of nitrogens with two attached hydrogens (primary N) is 1. The van der Waals surface area contributed by atoms with Crippen molar-refractivity contribution in [3.63, 3.8) is 0 Å². The summed E-state index contributed by atoms with van der Waals surface area (Å²) >= 11 is 0. The van der Waals surface area contributed by atoms with Crippen LogP contribution in [0.3, 0.4) is 0 Å². The van der Waals surface area contributed by atoms with E-state index in [1.54, 1.807) is 13.0 Å². The van der Waals surface area contributed by atoms with Gasteiger partial charge in [-0.05, 0) is 37.7 Å². The van der Waals surface area contributed by atoms with Gasteiger partial charge in [-0.1, -0.05) is 19.1 Å². The maximum atomic E-state index is 9.72. The zero-order valence-electron chi connectivity index (χ0n) is 12.7. The van der Waals surface area contributed by atoms with Crippen molar-refractivity contribution in [2.75, 3.05) is 12.0 Å². The van der Waals surface area contributed by atoms with Crippen LogP contribution in [-0.2, 0) is 0 Å². The van der Waals surface area contributed by atoms with Gasteiger partial charge >= 0.3 is 0 Å². The summed E-state index contributed by atoms with van der Waals surface area (Å²) in [6, 6.07) is 11.0. The first-order valence-corrected chi connectivity index (χ1v) is 7.13. The molecule has 0 saturated heterocycles. The first-order chi connectivity index (χ1) is 10.6. The minimum absolute atomic E-state index is 0.463. The van der Waals surface area contributed by atoms with Gasteiger partial charge in [-0.15, -0.1) is 10.2 Å². The molecular formula is C15H21N5O2. The highest BCUT2D eigenvalue weighted by Gasteiger charge is 2.15. The molecule has 2 rings (SSSR count). The third-order valence-electron chi connectivity index (χ3n) is 3.05. The van der Waals surface area contributed by atoms with Crippen molar-refractivity contribution < 1.29 is 9.84 Å². The summed E-state index contributed by atoms with van der Waals surface area (Å²) in [7, 11) is 0.